The largest absolute Gasteiger partial charge is 0.379 e. The van der Waals surface area contributed by atoms with E-state index in [9.17, 15) is 4.79 Å². The van der Waals surface area contributed by atoms with Crippen molar-refractivity contribution < 1.29 is 23.5 Å². The fourth-order valence-electron chi connectivity index (χ4n) is 5.73. The van der Waals surface area contributed by atoms with Crippen LogP contribution in [0.3, 0.4) is 0 Å². The van der Waals surface area contributed by atoms with Crippen molar-refractivity contribution >= 4 is 27.4 Å². The molecule has 0 bridgehead atoms. The Hall–Kier alpha value is -3.36. The van der Waals surface area contributed by atoms with Crippen molar-refractivity contribution in [2.75, 3.05) is 24.9 Å². The molecule has 5 nitrogen and oxygen atoms in total. The summed E-state index contributed by atoms with van der Waals surface area (Å²) in [6.07, 6.45) is 0. The number of rotatable bonds is 8. The van der Waals surface area contributed by atoms with Crippen LogP contribution in [0, 0.1) is 11.7 Å². The number of benzene rings is 4. The molecular weight excluding hydrogens is 573 g/mol. The van der Waals surface area contributed by atoms with E-state index in [1.807, 2.05) is 91.0 Å². The van der Waals surface area contributed by atoms with Crippen LogP contribution in [-0.4, -0.2) is 31.6 Å². The standard InChI is InChI=1S/C33H29BrFNO4/c1-22(37)27-17-29(34)28(32(31(27)35)36-30-21-38-18-23(30)19-40-36)20-39-33(24-11-5-2-6-12-24,25-13-7-3-8-14-25)26-15-9-4-10-16-26/h2-17,23,30H,18-21H2,1H3/t23-,30-/m1/s1. The summed E-state index contributed by atoms with van der Waals surface area (Å²) in [5, 5.41) is 1.60. The van der Waals surface area contributed by atoms with Gasteiger partial charge in [-0.15, -0.1) is 0 Å². The second-order valence-corrected chi connectivity index (χ2v) is 11.0. The highest BCUT2D eigenvalue weighted by molar-refractivity contribution is 9.10. The minimum Gasteiger partial charge on any atom is -0.379 e. The summed E-state index contributed by atoms with van der Waals surface area (Å²) in [4.78, 5) is 18.4. The number of hydroxylamine groups is 1. The third-order valence-corrected chi connectivity index (χ3v) is 8.46. The molecule has 0 saturated carbocycles. The number of carbonyl (C=O) groups is 1. The first-order valence-corrected chi connectivity index (χ1v) is 14.1. The molecule has 40 heavy (non-hydrogen) atoms. The molecular formula is C33H29BrFNO4. The first-order chi connectivity index (χ1) is 19.5. The molecule has 0 aliphatic carbocycles. The molecule has 0 aromatic heterocycles. The molecule has 0 N–H and O–H groups in total. The molecule has 2 aliphatic heterocycles. The predicted molar refractivity (Wildman–Crippen MR) is 155 cm³/mol. The van der Waals surface area contributed by atoms with Crippen molar-refractivity contribution in [3.05, 3.63) is 135 Å². The number of nitrogens with zero attached hydrogens (tertiary/aromatic N) is 1. The van der Waals surface area contributed by atoms with E-state index in [2.05, 4.69) is 15.9 Å². The van der Waals surface area contributed by atoms with Gasteiger partial charge in [-0.2, -0.15) is 0 Å². The summed E-state index contributed by atoms with van der Waals surface area (Å²) in [5.74, 6) is -0.853. The van der Waals surface area contributed by atoms with E-state index < -0.39 is 11.4 Å². The second kappa shape index (κ2) is 11.3. The van der Waals surface area contributed by atoms with Gasteiger partial charge in [-0.3, -0.25) is 9.63 Å². The van der Waals surface area contributed by atoms with Crippen LogP contribution < -0.4 is 5.06 Å². The molecule has 2 aliphatic rings. The van der Waals surface area contributed by atoms with Crippen LogP contribution >= 0.6 is 15.9 Å². The molecule has 0 spiro atoms. The van der Waals surface area contributed by atoms with Crippen LogP contribution in [0.15, 0.2) is 102 Å². The van der Waals surface area contributed by atoms with Gasteiger partial charge in [0.15, 0.2) is 11.6 Å². The maximum atomic E-state index is 16.2. The molecule has 6 rings (SSSR count). The van der Waals surface area contributed by atoms with Crippen molar-refractivity contribution in [3.63, 3.8) is 0 Å². The van der Waals surface area contributed by atoms with Crippen LogP contribution in [0.25, 0.3) is 0 Å². The topological polar surface area (TPSA) is 48.0 Å². The Morgan fingerprint density at radius 1 is 0.925 bits per heavy atom. The summed E-state index contributed by atoms with van der Waals surface area (Å²) in [6.45, 7) is 2.80. The monoisotopic (exact) mass is 601 g/mol. The Morgan fingerprint density at radius 2 is 1.48 bits per heavy atom. The van der Waals surface area contributed by atoms with Gasteiger partial charge in [0, 0.05) is 16.0 Å². The molecule has 204 valence electrons. The molecule has 0 unspecified atom stereocenters. The van der Waals surface area contributed by atoms with E-state index in [-0.39, 0.29) is 35.6 Å². The summed E-state index contributed by atoms with van der Waals surface area (Å²) in [6, 6.07) is 31.5. The Kier molecular flexibility index (Phi) is 7.55. The van der Waals surface area contributed by atoms with Gasteiger partial charge in [0.2, 0.25) is 0 Å². The lowest BCUT2D eigenvalue weighted by Gasteiger charge is -2.37. The lowest BCUT2D eigenvalue weighted by molar-refractivity contribution is -0.000584. The minimum atomic E-state index is -0.999. The van der Waals surface area contributed by atoms with Crippen molar-refractivity contribution in [2.24, 2.45) is 5.92 Å². The number of anilines is 1. The fraction of sp³-hybridized carbons (Fsp3) is 0.242. The van der Waals surface area contributed by atoms with Crippen LogP contribution in [-0.2, 0) is 26.5 Å². The number of Topliss-reactive ketones (excluding diaryl/α,β-unsaturated/α-hetero) is 1. The highest BCUT2D eigenvalue weighted by Gasteiger charge is 2.44. The van der Waals surface area contributed by atoms with Gasteiger partial charge < -0.3 is 9.47 Å². The van der Waals surface area contributed by atoms with Gasteiger partial charge >= 0.3 is 0 Å². The maximum absolute atomic E-state index is 16.2. The SMILES string of the molecule is CC(=O)c1cc(Br)c(COC(c2ccccc2)(c2ccccc2)c2ccccc2)c(N2OC[C@H]3COC[C@H]32)c1F. The number of carbonyl (C=O) groups excluding carboxylic acids is 1. The summed E-state index contributed by atoms with van der Waals surface area (Å²) in [7, 11) is 0. The van der Waals surface area contributed by atoms with Gasteiger partial charge in [-0.1, -0.05) is 107 Å². The fourth-order valence-corrected chi connectivity index (χ4v) is 6.26. The average molecular weight is 603 g/mol. The molecule has 7 heteroatoms. The third-order valence-electron chi connectivity index (χ3n) is 7.76. The molecule has 4 aromatic rings. The molecule has 2 atom stereocenters. The van der Waals surface area contributed by atoms with E-state index in [1.54, 1.807) is 5.06 Å². The molecule has 2 heterocycles. The molecule has 2 fully saturated rings. The lowest BCUT2D eigenvalue weighted by Crippen LogP contribution is -2.35. The number of halogens is 2. The Bertz CT molecular complexity index is 1400. The number of fused-ring (bicyclic) bond motifs is 1. The average Bonchev–Trinajstić information content (AvgIpc) is 3.61. The predicted octanol–water partition coefficient (Wildman–Crippen LogP) is 7.07. The molecule has 2 saturated heterocycles. The zero-order valence-electron chi connectivity index (χ0n) is 22.1. The highest BCUT2D eigenvalue weighted by atomic mass is 79.9. The second-order valence-electron chi connectivity index (χ2n) is 10.2. The van der Waals surface area contributed by atoms with Crippen LogP contribution in [0.5, 0.6) is 0 Å². The maximum Gasteiger partial charge on any atom is 0.162 e. The number of hydrogen-bond acceptors (Lipinski definition) is 5. The smallest absolute Gasteiger partial charge is 0.162 e. The number of hydrogen-bond donors (Lipinski definition) is 0. The van der Waals surface area contributed by atoms with Crippen LogP contribution in [0.4, 0.5) is 10.1 Å². The van der Waals surface area contributed by atoms with Gasteiger partial charge in [0.25, 0.3) is 0 Å². The van der Waals surface area contributed by atoms with Crippen molar-refractivity contribution in [2.45, 2.75) is 25.2 Å². The van der Waals surface area contributed by atoms with Crippen molar-refractivity contribution in [3.8, 4) is 0 Å². The van der Waals surface area contributed by atoms with E-state index in [0.29, 0.717) is 29.9 Å². The Morgan fingerprint density at radius 3 is 2.00 bits per heavy atom. The minimum absolute atomic E-state index is 0.00275. The number of ketones is 1. The van der Waals surface area contributed by atoms with E-state index >= 15 is 4.39 Å². The normalized spacial score (nSPS) is 18.6. The van der Waals surface area contributed by atoms with Gasteiger partial charge in [0.1, 0.15) is 11.3 Å². The third kappa shape index (κ3) is 4.67. The first kappa shape index (κ1) is 26.8. The van der Waals surface area contributed by atoms with E-state index in [4.69, 9.17) is 14.3 Å². The highest BCUT2D eigenvalue weighted by Crippen LogP contribution is 2.45. The summed E-state index contributed by atoms with van der Waals surface area (Å²) in [5.41, 5.74) is 2.58. The molecule has 0 radical (unpaired) electrons. The zero-order valence-corrected chi connectivity index (χ0v) is 23.6. The van der Waals surface area contributed by atoms with Crippen LogP contribution in [0.1, 0.15) is 39.5 Å². The zero-order chi connectivity index (χ0) is 27.7. The molecule has 0 amide bonds. The van der Waals surface area contributed by atoms with Gasteiger partial charge in [-0.05, 0) is 29.7 Å². The van der Waals surface area contributed by atoms with Gasteiger partial charge in [-0.25, -0.2) is 9.45 Å². The van der Waals surface area contributed by atoms with E-state index in [0.717, 1.165) is 16.7 Å². The van der Waals surface area contributed by atoms with Gasteiger partial charge in [0.05, 0.1) is 38.0 Å². The summed E-state index contributed by atoms with van der Waals surface area (Å²) < 4.78 is 29.5. The lowest BCUT2D eigenvalue weighted by atomic mass is 9.80. The Balaban J connectivity index is 1.52. The first-order valence-electron chi connectivity index (χ1n) is 13.3. The Labute approximate surface area is 241 Å². The number of ether oxygens (including phenoxy) is 2. The quantitative estimate of drug-likeness (QED) is 0.160. The van der Waals surface area contributed by atoms with Crippen molar-refractivity contribution in [1.29, 1.82) is 0 Å². The van der Waals surface area contributed by atoms with Crippen molar-refractivity contribution in [1.82, 2.24) is 0 Å². The summed E-state index contributed by atoms with van der Waals surface area (Å²) >= 11 is 3.64. The van der Waals surface area contributed by atoms with E-state index in [1.165, 1.54) is 13.0 Å². The van der Waals surface area contributed by atoms with Crippen LogP contribution in [0.2, 0.25) is 0 Å². The molecule has 4 aromatic carbocycles.